The van der Waals surface area contributed by atoms with E-state index in [2.05, 4.69) is 24.3 Å². The SMILES string of the molecule is COc1ccc([C@]2(C(=O)NCc3ccon3)CC2(C)C)cc1. The highest BCUT2D eigenvalue weighted by Gasteiger charge is 2.66. The van der Waals surface area contributed by atoms with Gasteiger partial charge in [0.2, 0.25) is 5.91 Å². The first kappa shape index (κ1) is 14.6. The number of aromatic nitrogens is 1. The van der Waals surface area contributed by atoms with E-state index in [4.69, 9.17) is 9.26 Å². The first-order chi connectivity index (χ1) is 10.5. The zero-order chi connectivity index (χ0) is 15.8. The molecule has 116 valence electrons. The number of ether oxygens (including phenoxy) is 1. The van der Waals surface area contributed by atoms with Crippen molar-refractivity contribution in [1.29, 1.82) is 0 Å². The Morgan fingerprint density at radius 1 is 1.32 bits per heavy atom. The molecule has 1 aromatic carbocycles. The minimum Gasteiger partial charge on any atom is -0.497 e. The average molecular weight is 300 g/mol. The molecule has 0 spiro atoms. The summed E-state index contributed by atoms with van der Waals surface area (Å²) in [5, 5.41) is 6.79. The summed E-state index contributed by atoms with van der Waals surface area (Å²) in [6.45, 7) is 4.61. The minimum absolute atomic E-state index is 0.0330. The van der Waals surface area contributed by atoms with E-state index >= 15 is 0 Å². The van der Waals surface area contributed by atoms with Crippen LogP contribution in [0.2, 0.25) is 0 Å². The van der Waals surface area contributed by atoms with Gasteiger partial charge in [-0.15, -0.1) is 0 Å². The number of nitrogens with one attached hydrogen (secondary N) is 1. The van der Waals surface area contributed by atoms with Gasteiger partial charge in [0.15, 0.2) is 0 Å². The third kappa shape index (κ3) is 2.26. The molecule has 0 radical (unpaired) electrons. The lowest BCUT2D eigenvalue weighted by atomic mass is 9.87. The summed E-state index contributed by atoms with van der Waals surface area (Å²) < 4.78 is 9.98. The van der Waals surface area contributed by atoms with Gasteiger partial charge in [-0.25, -0.2) is 0 Å². The molecular formula is C17H20N2O3. The van der Waals surface area contributed by atoms with Crippen LogP contribution in [0.25, 0.3) is 0 Å². The predicted octanol–water partition coefficient (Wildman–Crippen LogP) is 2.67. The second-order valence-corrected chi connectivity index (χ2v) is 6.37. The average Bonchev–Trinajstić information content (AvgIpc) is 2.90. The Bertz CT molecular complexity index is 662. The van der Waals surface area contributed by atoms with Crippen LogP contribution in [0.15, 0.2) is 41.1 Å². The fourth-order valence-corrected chi connectivity index (χ4v) is 3.16. The van der Waals surface area contributed by atoms with E-state index in [1.807, 2.05) is 24.3 Å². The molecule has 1 N–H and O–H groups in total. The third-order valence-corrected chi connectivity index (χ3v) is 4.63. The maximum Gasteiger partial charge on any atom is 0.231 e. The molecule has 1 heterocycles. The third-order valence-electron chi connectivity index (χ3n) is 4.63. The van der Waals surface area contributed by atoms with Gasteiger partial charge >= 0.3 is 0 Å². The molecule has 1 aliphatic rings. The quantitative estimate of drug-likeness (QED) is 0.922. The summed E-state index contributed by atoms with van der Waals surface area (Å²) in [6.07, 6.45) is 2.33. The lowest BCUT2D eigenvalue weighted by Crippen LogP contribution is -2.37. The standard InChI is InChI=1S/C17H20N2O3/c1-16(2)11-17(16,12-4-6-14(21-3)7-5-12)15(20)18-10-13-8-9-22-19-13/h4-9H,10-11H2,1-3H3,(H,18,20)/t17-/m0/s1. The minimum atomic E-state index is -0.483. The monoisotopic (exact) mass is 300 g/mol. The molecule has 22 heavy (non-hydrogen) atoms. The number of methoxy groups -OCH3 is 1. The van der Waals surface area contributed by atoms with Gasteiger partial charge in [0.25, 0.3) is 0 Å². The molecule has 2 aromatic rings. The zero-order valence-electron chi connectivity index (χ0n) is 13.1. The van der Waals surface area contributed by atoms with Crippen LogP contribution in [-0.4, -0.2) is 18.2 Å². The topological polar surface area (TPSA) is 64.4 Å². The summed E-state index contributed by atoms with van der Waals surface area (Å²) in [5.41, 5.74) is 1.20. The fraction of sp³-hybridized carbons (Fsp3) is 0.412. The van der Waals surface area contributed by atoms with E-state index in [1.165, 1.54) is 6.26 Å². The van der Waals surface area contributed by atoms with Crippen LogP contribution in [0, 0.1) is 5.41 Å². The van der Waals surface area contributed by atoms with E-state index in [9.17, 15) is 4.79 Å². The Balaban J connectivity index is 1.81. The lowest BCUT2D eigenvalue weighted by Gasteiger charge is -2.20. The number of amides is 1. The normalized spacial score (nSPS) is 22.1. The summed E-state index contributed by atoms with van der Waals surface area (Å²) in [5.74, 6) is 0.825. The maximum atomic E-state index is 12.8. The van der Waals surface area contributed by atoms with Gasteiger partial charge in [0.05, 0.1) is 19.1 Å². The van der Waals surface area contributed by atoms with Crippen molar-refractivity contribution in [2.45, 2.75) is 32.2 Å². The summed E-state index contributed by atoms with van der Waals surface area (Å²) >= 11 is 0. The van der Waals surface area contributed by atoms with Crippen molar-refractivity contribution in [2.75, 3.05) is 7.11 Å². The molecule has 0 unspecified atom stereocenters. The fourth-order valence-electron chi connectivity index (χ4n) is 3.16. The summed E-state index contributed by atoms with van der Waals surface area (Å²) in [7, 11) is 1.64. The largest absolute Gasteiger partial charge is 0.497 e. The number of hydrogen-bond acceptors (Lipinski definition) is 4. The number of carbonyl (C=O) groups is 1. The highest BCUT2D eigenvalue weighted by Crippen LogP contribution is 2.64. The van der Waals surface area contributed by atoms with Crippen molar-refractivity contribution in [3.63, 3.8) is 0 Å². The van der Waals surface area contributed by atoms with E-state index < -0.39 is 5.41 Å². The van der Waals surface area contributed by atoms with Crippen molar-refractivity contribution >= 4 is 5.91 Å². The van der Waals surface area contributed by atoms with Gasteiger partial charge in [-0.1, -0.05) is 31.1 Å². The van der Waals surface area contributed by atoms with Crippen molar-refractivity contribution in [1.82, 2.24) is 10.5 Å². The first-order valence-electron chi connectivity index (χ1n) is 7.32. The molecule has 3 rings (SSSR count). The molecular weight excluding hydrogens is 280 g/mol. The highest BCUT2D eigenvalue weighted by atomic mass is 16.5. The molecule has 0 saturated heterocycles. The van der Waals surface area contributed by atoms with Crippen molar-refractivity contribution in [3.05, 3.63) is 47.9 Å². The van der Waals surface area contributed by atoms with Crippen LogP contribution in [0.4, 0.5) is 0 Å². The zero-order valence-corrected chi connectivity index (χ0v) is 13.1. The van der Waals surface area contributed by atoms with Crippen LogP contribution >= 0.6 is 0 Å². The van der Waals surface area contributed by atoms with Gasteiger partial charge in [0, 0.05) is 6.07 Å². The van der Waals surface area contributed by atoms with Crippen molar-refractivity contribution in [2.24, 2.45) is 5.41 Å². The Morgan fingerprint density at radius 3 is 2.50 bits per heavy atom. The van der Waals surface area contributed by atoms with Gasteiger partial charge in [-0.05, 0) is 29.5 Å². The molecule has 0 bridgehead atoms. The highest BCUT2D eigenvalue weighted by molar-refractivity contribution is 5.93. The second kappa shape index (κ2) is 5.16. The molecule has 1 saturated carbocycles. The Hall–Kier alpha value is -2.30. The van der Waals surface area contributed by atoms with Gasteiger partial charge in [-0.3, -0.25) is 4.79 Å². The van der Waals surface area contributed by atoms with Crippen LogP contribution < -0.4 is 10.1 Å². The Labute approximate surface area is 129 Å². The van der Waals surface area contributed by atoms with Crippen LogP contribution in [0.1, 0.15) is 31.5 Å². The van der Waals surface area contributed by atoms with Crippen molar-refractivity contribution in [3.8, 4) is 5.75 Å². The number of hydrogen-bond donors (Lipinski definition) is 1. The predicted molar refractivity (Wildman–Crippen MR) is 81.4 cm³/mol. The van der Waals surface area contributed by atoms with Gasteiger partial charge in [0.1, 0.15) is 17.7 Å². The Morgan fingerprint density at radius 2 is 2.00 bits per heavy atom. The molecule has 1 atom stereocenters. The van der Waals surface area contributed by atoms with E-state index in [1.54, 1.807) is 13.2 Å². The summed E-state index contributed by atoms with van der Waals surface area (Å²) in [4.78, 5) is 12.8. The van der Waals surface area contributed by atoms with E-state index in [-0.39, 0.29) is 11.3 Å². The molecule has 1 fully saturated rings. The van der Waals surface area contributed by atoms with Crippen LogP contribution in [-0.2, 0) is 16.8 Å². The second-order valence-electron chi connectivity index (χ2n) is 6.37. The number of benzene rings is 1. The van der Waals surface area contributed by atoms with Crippen LogP contribution in [0.3, 0.4) is 0 Å². The molecule has 1 aromatic heterocycles. The number of carbonyl (C=O) groups excluding carboxylic acids is 1. The Kier molecular flexibility index (Phi) is 3.43. The summed E-state index contributed by atoms with van der Waals surface area (Å²) in [6, 6.07) is 9.50. The maximum absolute atomic E-state index is 12.8. The van der Waals surface area contributed by atoms with Gasteiger partial charge < -0.3 is 14.6 Å². The van der Waals surface area contributed by atoms with Gasteiger partial charge in [-0.2, -0.15) is 0 Å². The van der Waals surface area contributed by atoms with Crippen molar-refractivity contribution < 1.29 is 14.1 Å². The molecule has 5 nitrogen and oxygen atoms in total. The van der Waals surface area contributed by atoms with E-state index in [0.717, 1.165) is 23.4 Å². The first-order valence-corrected chi connectivity index (χ1v) is 7.32. The number of nitrogens with zero attached hydrogens (tertiary/aromatic N) is 1. The molecule has 5 heteroatoms. The molecule has 0 aliphatic heterocycles. The molecule has 1 aliphatic carbocycles. The van der Waals surface area contributed by atoms with E-state index in [0.29, 0.717) is 6.54 Å². The number of rotatable bonds is 5. The van der Waals surface area contributed by atoms with Crippen LogP contribution in [0.5, 0.6) is 5.75 Å². The molecule has 1 amide bonds. The lowest BCUT2D eigenvalue weighted by molar-refractivity contribution is -0.124. The smallest absolute Gasteiger partial charge is 0.231 e.